The number of hydrogen-bond acceptors (Lipinski definition) is 2. The van der Waals surface area contributed by atoms with E-state index in [0.717, 1.165) is 17.7 Å². The van der Waals surface area contributed by atoms with Crippen molar-refractivity contribution in [1.29, 1.82) is 0 Å². The van der Waals surface area contributed by atoms with Gasteiger partial charge in [0.15, 0.2) is 0 Å². The number of aryl methyl sites for hydroxylation is 2. The number of nitrogens with one attached hydrogen (secondary N) is 1. The van der Waals surface area contributed by atoms with Gasteiger partial charge >= 0.3 is 0 Å². The van der Waals surface area contributed by atoms with Gasteiger partial charge in [0.05, 0.1) is 6.10 Å². The second-order valence-corrected chi connectivity index (χ2v) is 5.34. The van der Waals surface area contributed by atoms with E-state index >= 15 is 0 Å². The number of carbonyl (C=O) groups is 1. The maximum atomic E-state index is 11.9. The van der Waals surface area contributed by atoms with Crippen LogP contribution < -0.4 is 5.32 Å². The van der Waals surface area contributed by atoms with Crippen molar-refractivity contribution < 1.29 is 9.90 Å². The number of benzene rings is 2. The Hall–Kier alpha value is -2.13. The summed E-state index contributed by atoms with van der Waals surface area (Å²) < 4.78 is 0. The lowest BCUT2D eigenvalue weighted by molar-refractivity contribution is -0.116. The third-order valence-electron chi connectivity index (χ3n) is 3.40. The van der Waals surface area contributed by atoms with Gasteiger partial charge in [-0.15, -0.1) is 0 Å². The molecule has 110 valence electrons. The van der Waals surface area contributed by atoms with E-state index in [-0.39, 0.29) is 5.91 Å². The van der Waals surface area contributed by atoms with E-state index in [9.17, 15) is 9.90 Å². The van der Waals surface area contributed by atoms with Gasteiger partial charge in [0.2, 0.25) is 5.91 Å². The first-order valence-corrected chi connectivity index (χ1v) is 7.18. The molecule has 3 heteroatoms. The van der Waals surface area contributed by atoms with E-state index in [2.05, 4.69) is 11.4 Å². The SMILES string of the molecule is Cc1cccc(CCC(=O)Nc2ccc(C(C)O)cc2)c1. The van der Waals surface area contributed by atoms with Crippen LogP contribution >= 0.6 is 0 Å². The fourth-order valence-corrected chi connectivity index (χ4v) is 2.19. The summed E-state index contributed by atoms with van der Waals surface area (Å²) >= 11 is 0. The molecule has 0 aliphatic carbocycles. The van der Waals surface area contributed by atoms with E-state index < -0.39 is 6.10 Å². The fourth-order valence-electron chi connectivity index (χ4n) is 2.19. The van der Waals surface area contributed by atoms with Crippen molar-refractivity contribution in [3.05, 3.63) is 65.2 Å². The standard InChI is InChI=1S/C18H21NO2/c1-13-4-3-5-15(12-13)6-11-18(21)19-17-9-7-16(8-10-17)14(2)20/h3-5,7-10,12,14,20H,6,11H2,1-2H3,(H,19,21). The van der Waals surface area contributed by atoms with E-state index in [1.54, 1.807) is 6.92 Å². The first-order valence-electron chi connectivity index (χ1n) is 7.18. The summed E-state index contributed by atoms with van der Waals surface area (Å²) in [4.78, 5) is 11.9. The highest BCUT2D eigenvalue weighted by molar-refractivity contribution is 5.90. The lowest BCUT2D eigenvalue weighted by Crippen LogP contribution is -2.12. The molecule has 1 amide bonds. The van der Waals surface area contributed by atoms with Gasteiger partial charge in [-0.3, -0.25) is 4.79 Å². The van der Waals surface area contributed by atoms with Gasteiger partial charge in [-0.25, -0.2) is 0 Å². The third kappa shape index (κ3) is 4.72. The van der Waals surface area contributed by atoms with Crippen LogP contribution in [0.3, 0.4) is 0 Å². The Morgan fingerprint density at radius 3 is 2.52 bits per heavy atom. The quantitative estimate of drug-likeness (QED) is 0.880. The molecule has 21 heavy (non-hydrogen) atoms. The molecule has 0 aromatic heterocycles. The summed E-state index contributed by atoms with van der Waals surface area (Å²) in [6, 6.07) is 15.5. The minimum absolute atomic E-state index is 0.00121. The van der Waals surface area contributed by atoms with Crippen molar-refractivity contribution in [2.45, 2.75) is 32.8 Å². The average molecular weight is 283 g/mol. The summed E-state index contributed by atoms with van der Waals surface area (Å²) in [7, 11) is 0. The second kappa shape index (κ2) is 7.04. The number of amides is 1. The Kier molecular flexibility index (Phi) is 5.12. The number of aliphatic hydroxyl groups excluding tert-OH is 1. The third-order valence-corrected chi connectivity index (χ3v) is 3.40. The molecular formula is C18H21NO2. The maximum Gasteiger partial charge on any atom is 0.224 e. The van der Waals surface area contributed by atoms with Crippen LogP contribution in [0.2, 0.25) is 0 Å². The van der Waals surface area contributed by atoms with Crippen molar-refractivity contribution in [3.63, 3.8) is 0 Å². The molecule has 0 radical (unpaired) electrons. The molecule has 0 aliphatic rings. The molecule has 0 heterocycles. The number of anilines is 1. The molecular weight excluding hydrogens is 262 g/mol. The molecule has 2 rings (SSSR count). The molecule has 0 fully saturated rings. The van der Waals surface area contributed by atoms with Crippen molar-refractivity contribution in [2.24, 2.45) is 0 Å². The van der Waals surface area contributed by atoms with E-state index in [1.807, 2.05) is 49.4 Å². The zero-order chi connectivity index (χ0) is 15.2. The Balaban J connectivity index is 1.87. The van der Waals surface area contributed by atoms with Crippen molar-refractivity contribution >= 4 is 11.6 Å². The lowest BCUT2D eigenvalue weighted by atomic mass is 10.1. The van der Waals surface area contributed by atoms with Gasteiger partial charge in [0, 0.05) is 12.1 Å². The van der Waals surface area contributed by atoms with Crippen molar-refractivity contribution in [2.75, 3.05) is 5.32 Å². The summed E-state index contributed by atoms with van der Waals surface area (Å²) in [5, 5.41) is 12.3. The minimum atomic E-state index is -0.490. The summed E-state index contributed by atoms with van der Waals surface area (Å²) in [5.41, 5.74) is 3.98. The monoisotopic (exact) mass is 283 g/mol. The zero-order valence-electron chi connectivity index (χ0n) is 12.5. The Bertz CT molecular complexity index is 603. The summed E-state index contributed by atoms with van der Waals surface area (Å²) in [5.74, 6) is 0.00121. The molecule has 0 saturated heterocycles. The first-order chi connectivity index (χ1) is 10.0. The fraction of sp³-hybridized carbons (Fsp3) is 0.278. The lowest BCUT2D eigenvalue weighted by Gasteiger charge is -2.08. The Morgan fingerprint density at radius 2 is 1.90 bits per heavy atom. The van der Waals surface area contributed by atoms with Crippen LogP contribution in [0.1, 0.15) is 36.1 Å². The van der Waals surface area contributed by atoms with Gasteiger partial charge in [-0.05, 0) is 43.5 Å². The maximum absolute atomic E-state index is 11.9. The van der Waals surface area contributed by atoms with Gasteiger partial charge in [-0.1, -0.05) is 42.0 Å². The molecule has 3 nitrogen and oxygen atoms in total. The highest BCUT2D eigenvalue weighted by Gasteiger charge is 2.05. The van der Waals surface area contributed by atoms with Crippen LogP contribution in [0.25, 0.3) is 0 Å². The second-order valence-electron chi connectivity index (χ2n) is 5.34. The van der Waals surface area contributed by atoms with Crippen LogP contribution in [0.5, 0.6) is 0 Å². The molecule has 2 N–H and O–H groups in total. The molecule has 2 aromatic rings. The number of aliphatic hydroxyl groups is 1. The minimum Gasteiger partial charge on any atom is -0.389 e. The Labute approximate surface area is 125 Å². The van der Waals surface area contributed by atoms with E-state index in [4.69, 9.17) is 0 Å². The van der Waals surface area contributed by atoms with Crippen LogP contribution in [-0.2, 0) is 11.2 Å². The largest absolute Gasteiger partial charge is 0.389 e. The van der Waals surface area contributed by atoms with E-state index in [1.165, 1.54) is 11.1 Å². The highest BCUT2D eigenvalue weighted by Crippen LogP contribution is 2.16. The van der Waals surface area contributed by atoms with Crippen LogP contribution in [0.4, 0.5) is 5.69 Å². The molecule has 1 unspecified atom stereocenters. The normalized spacial score (nSPS) is 12.0. The van der Waals surface area contributed by atoms with Gasteiger partial charge in [-0.2, -0.15) is 0 Å². The predicted molar refractivity (Wildman–Crippen MR) is 85.2 cm³/mol. The van der Waals surface area contributed by atoms with Crippen LogP contribution in [0.15, 0.2) is 48.5 Å². The van der Waals surface area contributed by atoms with Gasteiger partial charge in [0.25, 0.3) is 0 Å². The van der Waals surface area contributed by atoms with Gasteiger partial charge < -0.3 is 10.4 Å². The zero-order valence-corrected chi connectivity index (χ0v) is 12.5. The molecule has 1 atom stereocenters. The smallest absolute Gasteiger partial charge is 0.224 e. The summed E-state index contributed by atoms with van der Waals surface area (Å²) in [6.45, 7) is 3.77. The Morgan fingerprint density at radius 1 is 1.19 bits per heavy atom. The first kappa shape index (κ1) is 15.3. The van der Waals surface area contributed by atoms with Gasteiger partial charge in [0.1, 0.15) is 0 Å². The van der Waals surface area contributed by atoms with Crippen LogP contribution in [-0.4, -0.2) is 11.0 Å². The van der Waals surface area contributed by atoms with Crippen LogP contribution in [0, 0.1) is 6.92 Å². The number of hydrogen-bond donors (Lipinski definition) is 2. The van der Waals surface area contributed by atoms with Crippen molar-refractivity contribution in [1.82, 2.24) is 0 Å². The predicted octanol–water partition coefficient (Wildman–Crippen LogP) is 3.62. The van der Waals surface area contributed by atoms with E-state index in [0.29, 0.717) is 6.42 Å². The molecule has 2 aromatic carbocycles. The summed E-state index contributed by atoms with van der Waals surface area (Å²) in [6.07, 6.45) is 0.706. The van der Waals surface area contributed by atoms with Crippen molar-refractivity contribution in [3.8, 4) is 0 Å². The highest BCUT2D eigenvalue weighted by atomic mass is 16.3. The number of carbonyl (C=O) groups excluding carboxylic acids is 1. The molecule has 0 bridgehead atoms. The molecule has 0 aliphatic heterocycles. The molecule has 0 spiro atoms. The average Bonchev–Trinajstić information content (AvgIpc) is 2.46. The number of rotatable bonds is 5. The molecule has 0 saturated carbocycles. The topological polar surface area (TPSA) is 49.3 Å².